The van der Waals surface area contributed by atoms with Gasteiger partial charge >= 0.3 is 0 Å². The first kappa shape index (κ1) is 16.0. The van der Waals surface area contributed by atoms with Crippen molar-refractivity contribution in [1.29, 1.82) is 0 Å². The molecular weight excluding hydrogens is 267 g/mol. The lowest BCUT2D eigenvalue weighted by Gasteiger charge is -2.17. The molecule has 0 aliphatic heterocycles. The van der Waals surface area contributed by atoms with Crippen LogP contribution in [0.3, 0.4) is 0 Å². The van der Waals surface area contributed by atoms with E-state index in [9.17, 15) is 9.18 Å². The van der Waals surface area contributed by atoms with Crippen LogP contribution in [-0.2, 0) is 0 Å². The van der Waals surface area contributed by atoms with E-state index in [-0.39, 0.29) is 17.5 Å². The highest BCUT2D eigenvalue weighted by Gasteiger charge is 2.26. The molecule has 0 N–H and O–H groups in total. The summed E-state index contributed by atoms with van der Waals surface area (Å²) in [4.78, 5) is 12.7. The van der Waals surface area contributed by atoms with Crippen LogP contribution in [0, 0.1) is 17.7 Å². The molecule has 1 aromatic rings. The Balaban J connectivity index is 2.15. The Bertz CT molecular complexity index is 480. The van der Waals surface area contributed by atoms with Crippen LogP contribution in [0.1, 0.15) is 62.7 Å². The summed E-state index contributed by atoms with van der Waals surface area (Å²) in [6.07, 6.45) is 6.04. The highest BCUT2D eigenvalue weighted by atomic mass is 19.1. The molecule has 0 radical (unpaired) electrons. The fourth-order valence-corrected chi connectivity index (χ4v) is 2.53. The van der Waals surface area contributed by atoms with E-state index in [1.165, 1.54) is 6.07 Å². The molecule has 0 heterocycles. The molecule has 0 spiro atoms. The molecule has 3 heteroatoms. The highest BCUT2D eigenvalue weighted by molar-refractivity contribution is 6.00. The van der Waals surface area contributed by atoms with Gasteiger partial charge in [-0.05, 0) is 43.7 Å². The highest BCUT2D eigenvalue weighted by Crippen LogP contribution is 2.32. The van der Waals surface area contributed by atoms with Crippen molar-refractivity contribution in [2.24, 2.45) is 11.8 Å². The lowest BCUT2D eigenvalue weighted by atomic mass is 9.90. The number of hydrogen-bond acceptors (Lipinski definition) is 2. The standard InChI is InChI=1S/C18H25FO2/c1-3-5-7-14(4-2)17(20)15-8-6-9-16(19)18(15)21-12-13-10-11-13/h6,8-9,13-14H,3-5,7,10-12H2,1-2H3/t14-/m0/s1. The van der Waals surface area contributed by atoms with Gasteiger partial charge in [-0.1, -0.05) is 32.8 Å². The molecule has 0 bridgehead atoms. The molecule has 2 nitrogen and oxygen atoms in total. The number of ketones is 1. The molecular formula is C18H25FO2. The van der Waals surface area contributed by atoms with Gasteiger partial charge in [-0.2, -0.15) is 0 Å². The molecule has 1 fully saturated rings. The minimum absolute atomic E-state index is 0.0243. The Kier molecular flexibility index (Phi) is 5.77. The van der Waals surface area contributed by atoms with Crippen LogP contribution in [0.4, 0.5) is 4.39 Å². The molecule has 1 saturated carbocycles. The SMILES string of the molecule is CCCC[C@H](CC)C(=O)c1cccc(F)c1OCC1CC1. The van der Waals surface area contributed by atoms with Crippen molar-refractivity contribution in [1.82, 2.24) is 0 Å². The van der Waals surface area contributed by atoms with E-state index in [1.54, 1.807) is 12.1 Å². The Hall–Kier alpha value is -1.38. The number of carbonyl (C=O) groups is 1. The third kappa shape index (κ3) is 4.29. The van der Waals surface area contributed by atoms with E-state index in [0.29, 0.717) is 18.1 Å². The van der Waals surface area contributed by atoms with Crippen molar-refractivity contribution in [2.45, 2.75) is 52.4 Å². The molecule has 1 atom stereocenters. The molecule has 0 unspecified atom stereocenters. The quantitative estimate of drug-likeness (QED) is 0.598. The predicted molar refractivity (Wildman–Crippen MR) is 82.3 cm³/mol. The third-order valence-electron chi connectivity index (χ3n) is 4.16. The van der Waals surface area contributed by atoms with E-state index < -0.39 is 5.82 Å². The average molecular weight is 292 g/mol. The first-order valence-electron chi connectivity index (χ1n) is 8.12. The summed E-state index contributed by atoms with van der Waals surface area (Å²) < 4.78 is 19.6. The van der Waals surface area contributed by atoms with Gasteiger partial charge in [0, 0.05) is 5.92 Å². The van der Waals surface area contributed by atoms with Crippen LogP contribution in [0.15, 0.2) is 18.2 Å². The number of benzene rings is 1. The Morgan fingerprint density at radius 3 is 2.76 bits per heavy atom. The average Bonchev–Trinajstić information content (AvgIpc) is 3.30. The Morgan fingerprint density at radius 2 is 2.14 bits per heavy atom. The zero-order valence-electron chi connectivity index (χ0n) is 13.0. The number of unbranched alkanes of at least 4 members (excludes halogenated alkanes) is 1. The number of halogens is 1. The first-order valence-corrected chi connectivity index (χ1v) is 8.12. The van der Waals surface area contributed by atoms with Gasteiger partial charge in [0.25, 0.3) is 0 Å². The number of Topliss-reactive ketones (excluding diaryl/α,β-unsaturated/α-hetero) is 1. The van der Waals surface area contributed by atoms with Gasteiger partial charge in [-0.25, -0.2) is 4.39 Å². The molecule has 0 saturated heterocycles. The zero-order chi connectivity index (χ0) is 15.2. The Morgan fingerprint density at radius 1 is 1.38 bits per heavy atom. The van der Waals surface area contributed by atoms with E-state index in [4.69, 9.17) is 4.74 Å². The fraction of sp³-hybridized carbons (Fsp3) is 0.611. The number of rotatable bonds is 9. The maximum absolute atomic E-state index is 14.0. The topological polar surface area (TPSA) is 26.3 Å². The summed E-state index contributed by atoms with van der Waals surface area (Å²) in [6.45, 7) is 4.65. The van der Waals surface area contributed by atoms with Crippen molar-refractivity contribution < 1.29 is 13.9 Å². The van der Waals surface area contributed by atoms with Gasteiger partial charge < -0.3 is 4.74 Å². The van der Waals surface area contributed by atoms with Crippen molar-refractivity contribution in [2.75, 3.05) is 6.61 Å². The van der Waals surface area contributed by atoms with Crippen molar-refractivity contribution in [3.63, 3.8) is 0 Å². The van der Waals surface area contributed by atoms with Gasteiger partial charge in [0.1, 0.15) is 0 Å². The summed E-state index contributed by atoms with van der Waals surface area (Å²) in [5.41, 5.74) is 0.415. The smallest absolute Gasteiger partial charge is 0.169 e. The lowest BCUT2D eigenvalue weighted by Crippen LogP contribution is -2.16. The molecule has 1 aliphatic carbocycles. The second-order valence-electron chi connectivity index (χ2n) is 5.98. The molecule has 116 valence electrons. The summed E-state index contributed by atoms with van der Waals surface area (Å²) in [5, 5.41) is 0. The van der Waals surface area contributed by atoms with Crippen molar-refractivity contribution in [3.8, 4) is 5.75 Å². The summed E-state index contributed by atoms with van der Waals surface area (Å²) in [6, 6.07) is 4.66. The maximum Gasteiger partial charge on any atom is 0.169 e. The zero-order valence-corrected chi connectivity index (χ0v) is 13.0. The number of ether oxygens (including phenoxy) is 1. The van der Waals surface area contributed by atoms with Crippen molar-refractivity contribution in [3.05, 3.63) is 29.6 Å². The summed E-state index contributed by atoms with van der Waals surface area (Å²) in [7, 11) is 0. The van der Waals surface area contributed by atoms with Gasteiger partial charge in [0.05, 0.1) is 12.2 Å². The van der Waals surface area contributed by atoms with Gasteiger partial charge in [0.15, 0.2) is 17.3 Å². The van der Waals surface area contributed by atoms with Gasteiger partial charge in [0.2, 0.25) is 0 Å². The van der Waals surface area contributed by atoms with Crippen LogP contribution in [-0.4, -0.2) is 12.4 Å². The largest absolute Gasteiger partial charge is 0.489 e. The minimum atomic E-state index is -0.424. The summed E-state index contributed by atoms with van der Waals surface area (Å²) in [5.74, 6) is 0.261. The van der Waals surface area contributed by atoms with Crippen LogP contribution < -0.4 is 4.74 Å². The minimum Gasteiger partial charge on any atom is -0.489 e. The van der Waals surface area contributed by atoms with E-state index in [2.05, 4.69) is 6.92 Å². The first-order chi connectivity index (χ1) is 10.2. The van der Waals surface area contributed by atoms with Crippen LogP contribution in [0.25, 0.3) is 0 Å². The molecule has 0 aromatic heterocycles. The maximum atomic E-state index is 14.0. The van der Waals surface area contributed by atoms with Crippen LogP contribution in [0.5, 0.6) is 5.75 Å². The normalized spacial score (nSPS) is 15.8. The van der Waals surface area contributed by atoms with E-state index in [1.807, 2.05) is 6.92 Å². The molecule has 0 amide bonds. The van der Waals surface area contributed by atoms with Crippen molar-refractivity contribution >= 4 is 5.78 Å². The van der Waals surface area contributed by atoms with Gasteiger partial charge in [-0.15, -0.1) is 0 Å². The third-order valence-corrected chi connectivity index (χ3v) is 4.16. The number of para-hydroxylation sites is 1. The lowest BCUT2D eigenvalue weighted by molar-refractivity contribution is 0.0902. The second kappa shape index (κ2) is 7.58. The molecule has 2 rings (SSSR count). The summed E-state index contributed by atoms with van der Waals surface area (Å²) >= 11 is 0. The van der Waals surface area contributed by atoms with Gasteiger partial charge in [-0.3, -0.25) is 4.79 Å². The van der Waals surface area contributed by atoms with Crippen LogP contribution >= 0.6 is 0 Å². The second-order valence-corrected chi connectivity index (χ2v) is 5.98. The van der Waals surface area contributed by atoms with E-state index >= 15 is 0 Å². The number of hydrogen-bond donors (Lipinski definition) is 0. The Labute approximate surface area is 126 Å². The monoisotopic (exact) mass is 292 g/mol. The molecule has 1 aliphatic rings. The molecule has 21 heavy (non-hydrogen) atoms. The number of carbonyl (C=O) groups excluding carboxylic acids is 1. The van der Waals surface area contributed by atoms with E-state index in [0.717, 1.165) is 38.5 Å². The van der Waals surface area contributed by atoms with Crippen LogP contribution in [0.2, 0.25) is 0 Å². The fourth-order valence-electron chi connectivity index (χ4n) is 2.53. The predicted octanol–water partition coefficient (Wildman–Crippen LogP) is 5.01. The molecule has 1 aromatic carbocycles.